The Bertz CT molecular complexity index is 193. The first-order valence-electron chi connectivity index (χ1n) is 4.30. The molecule has 0 aromatic carbocycles. The summed E-state index contributed by atoms with van der Waals surface area (Å²) >= 11 is 0. The molecule has 0 aliphatic heterocycles. The van der Waals surface area contributed by atoms with Crippen molar-refractivity contribution in [2.45, 2.75) is 33.6 Å². The number of ketones is 1. The molecule has 0 radical (unpaired) electrons. The van der Waals surface area contributed by atoms with E-state index in [0.717, 1.165) is 12.8 Å². The fraction of sp³-hybridized carbons (Fsp3) is 0.700. The molecule has 0 saturated carbocycles. The van der Waals surface area contributed by atoms with Crippen LogP contribution in [0.25, 0.3) is 0 Å². The summed E-state index contributed by atoms with van der Waals surface area (Å²) in [7, 11) is 0. The lowest BCUT2D eigenvalue weighted by atomic mass is 9.69. The van der Waals surface area contributed by atoms with Crippen LogP contribution in [0.2, 0.25) is 0 Å². The zero-order valence-corrected chi connectivity index (χ0v) is 7.55. The molecule has 0 spiro atoms. The van der Waals surface area contributed by atoms with Crippen LogP contribution in [0.3, 0.4) is 0 Å². The van der Waals surface area contributed by atoms with Crippen molar-refractivity contribution in [1.82, 2.24) is 0 Å². The minimum atomic E-state index is 0.206. The SMILES string of the molecule is CCC1(C)CC=CC(=O)C1C. The van der Waals surface area contributed by atoms with E-state index in [1.807, 2.05) is 13.0 Å². The third kappa shape index (κ3) is 1.37. The molecule has 0 heterocycles. The molecule has 0 saturated heterocycles. The van der Waals surface area contributed by atoms with Gasteiger partial charge in [-0.3, -0.25) is 4.79 Å². The van der Waals surface area contributed by atoms with Crippen LogP contribution >= 0.6 is 0 Å². The summed E-state index contributed by atoms with van der Waals surface area (Å²) in [5.74, 6) is 0.498. The first kappa shape index (κ1) is 8.51. The summed E-state index contributed by atoms with van der Waals surface area (Å²) in [6.45, 7) is 6.39. The van der Waals surface area contributed by atoms with E-state index >= 15 is 0 Å². The predicted octanol–water partition coefficient (Wildman–Crippen LogP) is 2.57. The molecule has 2 unspecified atom stereocenters. The van der Waals surface area contributed by atoms with E-state index in [9.17, 15) is 4.79 Å². The van der Waals surface area contributed by atoms with E-state index in [-0.39, 0.29) is 11.3 Å². The van der Waals surface area contributed by atoms with Crippen LogP contribution in [0.4, 0.5) is 0 Å². The van der Waals surface area contributed by atoms with Crippen LogP contribution < -0.4 is 0 Å². The topological polar surface area (TPSA) is 17.1 Å². The first-order chi connectivity index (χ1) is 5.10. The van der Waals surface area contributed by atoms with Gasteiger partial charge >= 0.3 is 0 Å². The molecule has 0 fully saturated rings. The van der Waals surface area contributed by atoms with Crippen molar-refractivity contribution in [1.29, 1.82) is 0 Å². The Balaban J connectivity index is 2.85. The molecular weight excluding hydrogens is 136 g/mol. The van der Waals surface area contributed by atoms with E-state index in [2.05, 4.69) is 13.8 Å². The van der Waals surface area contributed by atoms with Gasteiger partial charge in [-0.2, -0.15) is 0 Å². The maximum Gasteiger partial charge on any atom is 0.158 e. The monoisotopic (exact) mass is 152 g/mol. The highest BCUT2D eigenvalue weighted by Gasteiger charge is 2.34. The number of allylic oxidation sites excluding steroid dienone is 2. The Morgan fingerprint density at radius 1 is 1.73 bits per heavy atom. The third-order valence-corrected chi connectivity index (χ3v) is 3.15. The van der Waals surface area contributed by atoms with Gasteiger partial charge in [0.15, 0.2) is 5.78 Å². The second-order valence-electron chi connectivity index (χ2n) is 3.74. The summed E-state index contributed by atoms with van der Waals surface area (Å²) in [6, 6.07) is 0. The van der Waals surface area contributed by atoms with Crippen molar-refractivity contribution < 1.29 is 4.79 Å². The zero-order valence-electron chi connectivity index (χ0n) is 7.55. The molecule has 0 amide bonds. The van der Waals surface area contributed by atoms with Crippen molar-refractivity contribution >= 4 is 5.78 Å². The van der Waals surface area contributed by atoms with Gasteiger partial charge in [-0.1, -0.05) is 26.8 Å². The quantitative estimate of drug-likeness (QED) is 0.564. The predicted molar refractivity (Wildman–Crippen MR) is 46.3 cm³/mol. The molecule has 0 N–H and O–H groups in total. The van der Waals surface area contributed by atoms with E-state index in [0.29, 0.717) is 5.78 Å². The highest BCUT2D eigenvalue weighted by atomic mass is 16.1. The van der Waals surface area contributed by atoms with Crippen molar-refractivity contribution in [2.24, 2.45) is 11.3 Å². The molecule has 0 aromatic heterocycles. The lowest BCUT2D eigenvalue weighted by Gasteiger charge is -2.34. The molecule has 11 heavy (non-hydrogen) atoms. The fourth-order valence-electron chi connectivity index (χ4n) is 1.56. The minimum Gasteiger partial charge on any atom is -0.295 e. The highest BCUT2D eigenvalue weighted by molar-refractivity contribution is 5.92. The number of hydrogen-bond donors (Lipinski definition) is 0. The standard InChI is InChI=1S/C10H16O/c1-4-10(3)7-5-6-9(11)8(10)2/h5-6,8H,4,7H2,1-3H3. The molecule has 1 aliphatic rings. The maximum atomic E-state index is 11.3. The smallest absolute Gasteiger partial charge is 0.158 e. The Labute approximate surface area is 68.5 Å². The summed E-state index contributed by atoms with van der Waals surface area (Å²) in [6.07, 6.45) is 5.87. The van der Waals surface area contributed by atoms with Gasteiger partial charge in [0.1, 0.15) is 0 Å². The van der Waals surface area contributed by atoms with Crippen LogP contribution in [0.1, 0.15) is 33.6 Å². The highest BCUT2D eigenvalue weighted by Crippen LogP contribution is 2.38. The van der Waals surface area contributed by atoms with Gasteiger partial charge in [-0.25, -0.2) is 0 Å². The minimum absolute atomic E-state index is 0.206. The van der Waals surface area contributed by atoms with Gasteiger partial charge in [0.05, 0.1) is 0 Å². The summed E-state index contributed by atoms with van der Waals surface area (Å²) in [5, 5.41) is 0. The zero-order chi connectivity index (χ0) is 8.48. The van der Waals surface area contributed by atoms with Crippen LogP contribution in [0.5, 0.6) is 0 Å². The van der Waals surface area contributed by atoms with Gasteiger partial charge < -0.3 is 0 Å². The van der Waals surface area contributed by atoms with Crippen LogP contribution in [-0.4, -0.2) is 5.78 Å². The van der Waals surface area contributed by atoms with Gasteiger partial charge in [0, 0.05) is 5.92 Å². The van der Waals surface area contributed by atoms with Crippen LogP contribution in [0, 0.1) is 11.3 Å². The number of rotatable bonds is 1. The van der Waals surface area contributed by atoms with E-state index in [4.69, 9.17) is 0 Å². The van der Waals surface area contributed by atoms with Crippen LogP contribution in [-0.2, 0) is 4.79 Å². The number of carbonyl (C=O) groups is 1. The van der Waals surface area contributed by atoms with Gasteiger partial charge in [0.2, 0.25) is 0 Å². The van der Waals surface area contributed by atoms with Crippen molar-refractivity contribution in [2.75, 3.05) is 0 Å². The normalized spacial score (nSPS) is 37.7. The summed E-state index contributed by atoms with van der Waals surface area (Å²) in [5.41, 5.74) is 0.214. The summed E-state index contributed by atoms with van der Waals surface area (Å²) in [4.78, 5) is 11.3. The first-order valence-corrected chi connectivity index (χ1v) is 4.30. The molecule has 2 atom stereocenters. The van der Waals surface area contributed by atoms with Crippen molar-refractivity contribution in [3.63, 3.8) is 0 Å². The number of carbonyl (C=O) groups excluding carboxylic acids is 1. The van der Waals surface area contributed by atoms with Crippen molar-refractivity contribution in [3.8, 4) is 0 Å². The fourth-order valence-corrected chi connectivity index (χ4v) is 1.56. The van der Waals surface area contributed by atoms with Gasteiger partial charge in [0.25, 0.3) is 0 Å². The van der Waals surface area contributed by atoms with E-state index in [1.54, 1.807) is 6.08 Å². The Morgan fingerprint density at radius 2 is 2.36 bits per heavy atom. The Morgan fingerprint density at radius 3 is 2.82 bits per heavy atom. The van der Waals surface area contributed by atoms with E-state index < -0.39 is 0 Å². The molecule has 62 valence electrons. The average Bonchev–Trinajstić information content (AvgIpc) is 2.00. The lowest BCUT2D eigenvalue weighted by molar-refractivity contribution is -0.122. The van der Waals surface area contributed by atoms with Gasteiger partial charge in [-0.05, 0) is 24.3 Å². The molecule has 0 aromatic rings. The number of hydrogen-bond acceptors (Lipinski definition) is 1. The van der Waals surface area contributed by atoms with E-state index in [1.165, 1.54) is 0 Å². The molecular formula is C10H16O. The second kappa shape index (κ2) is 2.80. The third-order valence-electron chi connectivity index (χ3n) is 3.15. The Hall–Kier alpha value is -0.590. The maximum absolute atomic E-state index is 11.3. The summed E-state index contributed by atoms with van der Waals surface area (Å²) < 4.78 is 0. The second-order valence-corrected chi connectivity index (χ2v) is 3.74. The average molecular weight is 152 g/mol. The Kier molecular flexibility index (Phi) is 2.17. The largest absolute Gasteiger partial charge is 0.295 e. The molecule has 1 rings (SSSR count). The molecule has 0 bridgehead atoms. The molecule has 1 heteroatoms. The molecule has 1 nitrogen and oxygen atoms in total. The van der Waals surface area contributed by atoms with Gasteiger partial charge in [-0.15, -0.1) is 0 Å². The lowest BCUT2D eigenvalue weighted by Crippen LogP contribution is -2.32. The molecule has 1 aliphatic carbocycles. The van der Waals surface area contributed by atoms with Crippen molar-refractivity contribution in [3.05, 3.63) is 12.2 Å². The van der Waals surface area contributed by atoms with Crippen LogP contribution in [0.15, 0.2) is 12.2 Å².